The van der Waals surface area contributed by atoms with E-state index < -0.39 is 23.0 Å². The molecule has 0 fully saturated rings. The second kappa shape index (κ2) is 8.14. The fourth-order valence-electron chi connectivity index (χ4n) is 3.38. The molecular weight excluding hydrogens is 454 g/mol. The van der Waals surface area contributed by atoms with E-state index in [1.807, 2.05) is 12.1 Å². The lowest BCUT2D eigenvalue weighted by Crippen LogP contribution is -2.09. The molecule has 0 radical (unpaired) electrons. The Morgan fingerprint density at radius 3 is 2.62 bits per heavy atom. The van der Waals surface area contributed by atoms with Crippen molar-refractivity contribution in [3.8, 4) is 11.1 Å². The van der Waals surface area contributed by atoms with Crippen LogP contribution in [0.15, 0.2) is 66.4 Å². The van der Waals surface area contributed by atoms with Gasteiger partial charge in [-0.3, -0.25) is 4.79 Å². The summed E-state index contributed by atoms with van der Waals surface area (Å²) < 4.78 is 29.8. The van der Waals surface area contributed by atoms with Gasteiger partial charge in [-0.1, -0.05) is 23.7 Å². The first kappa shape index (κ1) is 20.3. The van der Waals surface area contributed by atoms with Gasteiger partial charge in [-0.25, -0.2) is 18.7 Å². The Morgan fingerprint density at radius 1 is 1.06 bits per heavy atom. The predicted octanol–water partition coefficient (Wildman–Crippen LogP) is 6.59. The number of rotatable bonds is 5. The van der Waals surface area contributed by atoms with Crippen LogP contribution in [0.3, 0.4) is 0 Å². The predicted molar refractivity (Wildman–Crippen MR) is 122 cm³/mol. The van der Waals surface area contributed by atoms with Gasteiger partial charge in [0.25, 0.3) is 0 Å². The van der Waals surface area contributed by atoms with Gasteiger partial charge in [-0.15, -0.1) is 11.3 Å². The molecule has 0 saturated heterocycles. The number of carbonyl (C=O) groups is 1. The van der Waals surface area contributed by atoms with Gasteiger partial charge in [0.2, 0.25) is 5.78 Å². The van der Waals surface area contributed by atoms with Crippen LogP contribution in [0.25, 0.3) is 22.2 Å². The SMILES string of the molecule is O=C(c1c(F)ccc(Nc2nccs2)c1F)c1c[nH]c2ncc(-c3ccc(Cl)cc3)cc12. The maximum absolute atomic E-state index is 15.2. The van der Waals surface area contributed by atoms with Crippen LogP contribution in [0, 0.1) is 11.6 Å². The highest BCUT2D eigenvalue weighted by Gasteiger charge is 2.25. The fourth-order valence-corrected chi connectivity index (χ4v) is 4.05. The third kappa shape index (κ3) is 3.63. The van der Waals surface area contributed by atoms with E-state index in [-0.39, 0.29) is 11.3 Å². The molecule has 0 aliphatic rings. The number of H-pyrrole nitrogens is 1. The molecule has 9 heteroatoms. The van der Waals surface area contributed by atoms with Gasteiger partial charge in [-0.2, -0.15) is 0 Å². The van der Waals surface area contributed by atoms with Crippen LogP contribution < -0.4 is 5.32 Å². The van der Waals surface area contributed by atoms with Crippen molar-refractivity contribution in [2.24, 2.45) is 0 Å². The zero-order valence-corrected chi connectivity index (χ0v) is 17.8. The average Bonchev–Trinajstić information content (AvgIpc) is 3.45. The van der Waals surface area contributed by atoms with Crippen molar-refractivity contribution >= 4 is 50.6 Å². The van der Waals surface area contributed by atoms with Gasteiger partial charge in [0.05, 0.1) is 11.3 Å². The Kier molecular flexibility index (Phi) is 5.16. The van der Waals surface area contributed by atoms with Gasteiger partial charge < -0.3 is 10.3 Å². The maximum Gasteiger partial charge on any atom is 0.201 e. The minimum Gasteiger partial charge on any atom is -0.345 e. The summed E-state index contributed by atoms with van der Waals surface area (Å²) in [4.78, 5) is 24.5. The Labute approximate surface area is 189 Å². The third-order valence-electron chi connectivity index (χ3n) is 4.95. The van der Waals surface area contributed by atoms with Crippen molar-refractivity contribution in [3.05, 3.63) is 94.2 Å². The molecular formula is C23H13ClF2N4OS. The second-order valence-electron chi connectivity index (χ2n) is 6.90. The highest BCUT2D eigenvalue weighted by Crippen LogP contribution is 2.31. The molecule has 0 unspecified atom stereocenters. The molecule has 2 aromatic carbocycles. The molecule has 0 atom stereocenters. The fraction of sp³-hybridized carbons (Fsp3) is 0. The van der Waals surface area contributed by atoms with Crippen LogP contribution in [0.1, 0.15) is 15.9 Å². The summed E-state index contributed by atoms with van der Waals surface area (Å²) in [6.07, 6.45) is 4.61. The number of anilines is 2. The number of ketones is 1. The van der Waals surface area contributed by atoms with Crippen LogP contribution in [0.5, 0.6) is 0 Å². The van der Waals surface area contributed by atoms with Crippen LogP contribution in [0.4, 0.5) is 19.6 Å². The lowest BCUT2D eigenvalue weighted by molar-refractivity contribution is 0.103. The number of hydrogen-bond acceptors (Lipinski definition) is 5. The lowest BCUT2D eigenvalue weighted by Gasteiger charge is -2.09. The molecule has 0 saturated carbocycles. The highest BCUT2D eigenvalue weighted by molar-refractivity contribution is 7.13. The standard InChI is InChI=1S/C23H13ClF2N4OS/c24-14-3-1-12(2-4-14)13-9-15-16(11-29-22(15)28-10-13)21(31)19-17(25)5-6-18(20(19)26)30-23-27-7-8-32-23/h1-11H,(H,27,30)(H,28,29). The van der Waals surface area contributed by atoms with Crippen LogP contribution in [0.2, 0.25) is 5.02 Å². The molecule has 5 nitrogen and oxygen atoms in total. The number of hydrogen-bond donors (Lipinski definition) is 2. The average molecular weight is 467 g/mol. The van der Waals surface area contributed by atoms with E-state index in [2.05, 4.69) is 20.3 Å². The van der Waals surface area contributed by atoms with Gasteiger partial charge in [0.1, 0.15) is 11.5 Å². The van der Waals surface area contributed by atoms with E-state index in [0.717, 1.165) is 17.2 Å². The molecule has 3 heterocycles. The smallest absolute Gasteiger partial charge is 0.201 e. The monoisotopic (exact) mass is 466 g/mol. The molecule has 0 bridgehead atoms. The van der Waals surface area contributed by atoms with E-state index in [4.69, 9.17) is 11.6 Å². The first-order chi connectivity index (χ1) is 15.5. The largest absolute Gasteiger partial charge is 0.345 e. The van der Waals surface area contributed by atoms with E-state index in [9.17, 15) is 9.18 Å². The molecule has 0 spiro atoms. The van der Waals surface area contributed by atoms with Crippen molar-refractivity contribution in [2.45, 2.75) is 0 Å². The summed E-state index contributed by atoms with van der Waals surface area (Å²) in [5.41, 5.74) is 1.45. The van der Waals surface area contributed by atoms with Gasteiger partial charge in [0, 0.05) is 45.5 Å². The number of nitrogens with one attached hydrogen (secondary N) is 2. The number of thiazole rings is 1. The van der Waals surface area contributed by atoms with Gasteiger partial charge in [-0.05, 0) is 35.9 Å². The van der Waals surface area contributed by atoms with Crippen molar-refractivity contribution in [1.82, 2.24) is 15.0 Å². The third-order valence-corrected chi connectivity index (χ3v) is 5.89. The van der Waals surface area contributed by atoms with Crippen LogP contribution >= 0.6 is 22.9 Å². The maximum atomic E-state index is 15.2. The number of nitrogens with zero attached hydrogens (tertiary/aromatic N) is 2. The minimum absolute atomic E-state index is 0.0375. The van der Waals surface area contributed by atoms with Gasteiger partial charge >= 0.3 is 0 Å². The summed E-state index contributed by atoms with van der Waals surface area (Å²) in [7, 11) is 0. The summed E-state index contributed by atoms with van der Waals surface area (Å²) in [6, 6.07) is 11.2. The number of halogens is 3. The highest BCUT2D eigenvalue weighted by atomic mass is 35.5. The topological polar surface area (TPSA) is 70.7 Å². The summed E-state index contributed by atoms with van der Waals surface area (Å²) in [5.74, 6) is -2.72. The molecule has 32 heavy (non-hydrogen) atoms. The summed E-state index contributed by atoms with van der Waals surface area (Å²) in [5, 5.41) is 5.97. The van der Waals surface area contributed by atoms with E-state index >= 15 is 4.39 Å². The van der Waals surface area contributed by atoms with E-state index in [1.54, 1.807) is 36.0 Å². The van der Waals surface area contributed by atoms with Crippen molar-refractivity contribution in [2.75, 3.05) is 5.32 Å². The molecule has 0 amide bonds. The van der Waals surface area contributed by atoms with Crippen molar-refractivity contribution in [3.63, 3.8) is 0 Å². The molecule has 5 rings (SSSR count). The van der Waals surface area contributed by atoms with Crippen molar-refractivity contribution < 1.29 is 13.6 Å². The molecule has 5 aromatic rings. The summed E-state index contributed by atoms with van der Waals surface area (Å²) in [6.45, 7) is 0. The minimum atomic E-state index is -0.985. The van der Waals surface area contributed by atoms with E-state index in [0.29, 0.717) is 21.2 Å². The number of pyridine rings is 1. The molecule has 158 valence electrons. The van der Waals surface area contributed by atoms with E-state index in [1.165, 1.54) is 23.6 Å². The molecule has 3 aromatic heterocycles. The zero-order valence-electron chi connectivity index (χ0n) is 16.2. The second-order valence-corrected chi connectivity index (χ2v) is 8.24. The molecule has 2 N–H and O–H groups in total. The first-order valence-corrected chi connectivity index (χ1v) is 10.7. The Hall–Kier alpha value is -3.62. The Balaban J connectivity index is 1.58. The number of aromatic nitrogens is 3. The normalized spacial score (nSPS) is 11.1. The van der Waals surface area contributed by atoms with Crippen molar-refractivity contribution in [1.29, 1.82) is 0 Å². The Bertz CT molecular complexity index is 1450. The van der Waals surface area contributed by atoms with Crippen LogP contribution in [-0.2, 0) is 0 Å². The quantitative estimate of drug-likeness (QED) is 0.286. The number of fused-ring (bicyclic) bond motifs is 1. The first-order valence-electron chi connectivity index (χ1n) is 9.43. The van der Waals surface area contributed by atoms with Crippen LogP contribution in [-0.4, -0.2) is 20.7 Å². The summed E-state index contributed by atoms with van der Waals surface area (Å²) >= 11 is 7.21. The molecule has 0 aliphatic carbocycles. The molecule has 0 aliphatic heterocycles. The number of benzene rings is 2. The number of aromatic amines is 1. The zero-order chi connectivity index (χ0) is 22.2. The number of carbonyl (C=O) groups excluding carboxylic acids is 1. The lowest BCUT2D eigenvalue weighted by atomic mass is 10.00. The van der Waals surface area contributed by atoms with Gasteiger partial charge in [0.15, 0.2) is 10.9 Å². The Morgan fingerprint density at radius 2 is 1.88 bits per heavy atom.